The lowest BCUT2D eigenvalue weighted by molar-refractivity contribution is -0.384. The first kappa shape index (κ1) is 20.2. The molecule has 2 aromatic rings. The summed E-state index contributed by atoms with van der Waals surface area (Å²) in [6, 6.07) is 8.48. The molecule has 0 bridgehead atoms. The summed E-state index contributed by atoms with van der Waals surface area (Å²) in [6.07, 6.45) is 0. The molecule has 9 nitrogen and oxygen atoms in total. The molecule has 1 heterocycles. The van der Waals surface area contributed by atoms with Crippen LogP contribution >= 0.6 is 0 Å². The maximum absolute atomic E-state index is 11.0. The second kappa shape index (κ2) is 10.1. The van der Waals surface area contributed by atoms with Gasteiger partial charge in [-0.2, -0.15) is 0 Å². The summed E-state index contributed by atoms with van der Waals surface area (Å²) in [5.74, 6) is 1.66. The topological polar surface area (TPSA) is 118 Å². The van der Waals surface area contributed by atoms with Crippen LogP contribution in [-0.4, -0.2) is 35.7 Å². The summed E-state index contributed by atoms with van der Waals surface area (Å²) in [5.41, 5.74) is 1.46. The van der Waals surface area contributed by atoms with Gasteiger partial charge in [0.15, 0.2) is 11.7 Å². The van der Waals surface area contributed by atoms with Crippen LogP contribution in [0.25, 0.3) is 0 Å². The van der Waals surface area contributed by atoms with Gasteiger partial charge in [-0.3, -0.25) is 10.1 Å². The first-order chi connectivity index (χ1) is 13.0. The van der Waals surface area contributed by atoms with E-state index in [9.17, 15) is 10.1 Å². The summed E-state index contributed by atoms with van der Waals surface area (Å²) in [7, 11) is 0. The van der Waals surface area contributed by atoms with E-state index >= 15 is 0 Å². The number of para-hydroxylation sites is 2. The molecule has 0 amide bonds. The number of rotatable bonds is 9. The van der Waals surface area contributed by atoms with Gasteiger partial charge in [-0.1, -0.05) is 31.1 Å². The lowest BCUT2D eigenvalue weighted by Crippen LogP contribution is -2.39. The van der Waals surface area contributed by atoms with Crippen LogP contribution in [0.1, 0.15) is 38.1 Å². The Morgan fingerprint density at radius 1 is 1.30 bits per heavy atom. The fraction of sp³-hybridized carbons (Fsp3) is 0.444. The van der Waals surface area contributed by atoms with E-state index in [1.54, 1.807) is 18.2 Å². The van der Waals surface area contributed by atoms with Crippen LogP contribution in [0.4, 0.5) is 11.4 Å². The Morgan fingerprint density at radius 2 is 2.07 bits per heavy atom. The number of hydrogen-bond donors (Lipinski definition) is 3. The third kappa shape index (κ3) is 6.28. The minimum Gasteiger partial charge on any atom is -0.378 e. The van der Waals surface area contributed by atoms with Crippen molar-refractivity contribution in [3.05, 3.63) is 51.9 Å². The molecule has 0 atom stereocenters. The average Bonchev–Trinajstić information content (AvgIpc) is 3.12. The van der Waals surface area contributed by atoms with E-state index in [1.165, 1.54) is 6.07 Å². The van der Waals surface area contributed by atoms with Crippen LogP contribution < -0.4 is 16.0 Å². The van der Waals surface area contributed by atoms with E-state index in [-0.39, 0.29) is 5.69 Å². The van der Waals surface area contributed by atoms with Gasteiger partial charge in [0.1, 0.15) is 12.2 Å². The summed E-state index contributed by atoms with van der Waals surface area (Å²) < 4.78 is 5.28. The third-order valence-corrected chi connectivity index (χ3v) is 3.74. The van der Waals surface area contributed by atoms with Crippen molar-refractivity contribution in [2.75, 3.05) is 25.0 Å². The van der Waals surface area contributed by atoms with Gasteiger partial charge in [-0.05, 0) is 18.9 Å². The largest absolute Gasteiger partial charge is 0.378 e. The highest BCUT2D eigenvalue weighted by Gasteiger charge is 2.11. The molecule has 0 fully saturated rings. The number of anilines is 1. The molecule has 0 spiro atoms. The molecule has 1 aromatic heterocycles. The Morgan fingerprint density at radius 3 is 2.74 bits per heavy atom. The first-order valence-electron chi connectivity index (χ1n) is 8.96. The van der Waals surface area contributed by atoms with Gasteiger partial charge < -0.3 is 20.5 Å². The predicted octanol–water partition coefficient (Wildman–Crippen LogP) is 2.87. The highest BCUT2D eigenvalue weighted by molar-refractivity contribution is 5.79. The van der Waals surface area contributed by atoms with E-state index in [4.69, 9.17) is 4.52 Å². The molecule has 27 heavy (non-hydrogen) atoms. The molecular formula is C18H26N6O3. The summed E-state index contributed by atoms with van der Waals surface area (Å²) in [4.78, 5) is 15.1. The minimum absolute atomic E-state index is 0.0596. The molecule has 0 unspecified atom stereocenters. The lowest BCUT2D eigenvalue weighted by atomic mass is 10.1. The average molecular weight is 374 g/mol. The van der Waals surface area contributed by atoms with Crippen molar-refractivity contribution in [1.29, 1.82) is 0 Å². The second-order valence-electron chi connectivity index (χ2n) is 6.20. The molecule has 1 aromatic carbocycles. The van der Waals surface area contributed by atoms with E-state index in [2.05, 4.69) is 39.9 Å². The molecule has 0 aliphatic carbocycles. The molecule has 2 rings (SSSR count). The Hall–Kier alpha value is -3.10. The van der Waals surface area contributed by atoms with Gasteiger partial charge in [0.2, 0.25) is 0 Å². The molecule has 9 heteroatoms. The van der Waals surface area contributed by atoms with E-state index in [0.717, 1.165) is 12.2 Å². The van der Waals surface area contributed by atoms with Crippen molar-refractivity contribution in [2.45, 2.75) is 33.2 Å². The van der Waals surface area contributed by atoms with Crippen molar-refractivity contribution in [1.82, 2.24) is 15.8 Å². The second-order valence-corrected chi connectivity index (χ2v) is 6.20. The van der Waals surface area contributed by atoms with Crippen molar-refractivity contribution in [3.63, 3.8) is 0 Å². The van der Waals surface area contributed by atoms with Gasteiger partial charge in [0.05, 0.1) is 10.6 Å². The summed E-state index contributed by atoms with van der Waals surface area (Å²) in [5, 5.41) is 24.4. The number of aliphatic imine (C=N–C) groups is 1. The van der Waals surface area contributed by atoms with Crippen LogP contribution in [0, 0.1) is 10.1 Å². The number of guanidine groups is 1. The normalized spacial score (nSPS) is 11.5. The number of nitrogens with zero attached hydrogens (tertiary/aromatic N) is 3. The molecular weight excluding hydrogens is 348 g/mol. The fourth-order valence-electron chi connectivity index (χ4n) is 2.33. The van der Waals surface area contributed by atoms with Crippen molar-refractivity contribution >= 4 is 17.3 Å². The first-order valence-corrected chi connectivity index (χ1v) is 8.96. The van der Waals surface area contributed by atoms with E-state index < -0.39 is 4.92 Å². The number of nitro groups is 1. The monoisotopic (exact) mass is 374 g/mol. The predicted molar refractivity (Wildman–Crippen MR) is 105 cm³/mol. The summed E-state index contributed by atoms with van der Waals surface area (Å²) in [6.45, 7) is 8.25. The van der Waals surface area contributed by atoms with Crippen LogP contribution in [-0.2, 0) is 6.54 Å². The number of benzene rings is 1. The Balaban J connectivity index is 1.86. The van der Waals surface area contributed by atoms with Crippen LogP contribution in [0.5, 0.6) is 0 Å². The Labute approximate surface area is 158 Å². The van der Waals surface area contributed by atoms with E-state index in [1.807, 2.05) is 13.0 Å². The number of nitro benzene ring substituents is 1. The van der Waals surface area contributed by atoms with Gasteiger partial charge >= 0.3 is 0 Å². The van der Waals surface area contributed by atoms with Gasteiger partial charge in [-0.25, -0.2) is 4.99 Å². The van der Waals surface area contributed by atoms with Gasteiger partial charge in [0, 0.05) is 31.8 Å². The molecule has 0 aliphatic rings. The smallest absolute Gasteiger partial charge is 0.292 e. The standard InChI is InChI=1S/C18H26N6O3/c1-4-19-18(22-12-14-11-16(13(2)3)23-27-14)21-10-9-20-15-7-5-6-8-17(15)24(25)26/h5-8,11,13,20H,4,9-10,12H2,1-3H3,(H2,19,21,22). The van der Waals surface area contributed by atoms with Crippen LogP contribution in [0.2, 0.25) is 0 Å². The van der Waals surface area contributed by atoms with Gasteiger partial charge in [-0.15, -0.1) is 0 Å². The molecule has 0 radical (unpaired) electrons. The molecule has 0 saturated heterocycles. The maximum atomic E-state index is 11.0. The molecule has 0 aliphatic heterocycles. The zero-order chi connectivity index (χ0) is 19.6. The number of nitrogens with one attached hydrogen (secondary N) is 3. The van der Waals surface area contributed by atoms with Crippen LogP contribution in [0.15, 0.2) is 39.8 Å². The van der Waals surface area contributed by atoms with Gasteiger partial charge in [0.25, 0.3) is 5.69 Å². The quantitative estimate of drug-likeness (QED) is 0.203. The van der Waals surface area contributed by atoms with E-state index in [0.29, 0.717) is 43.0 Å². The SMILES string of the molecule is CCNC(=NCc1cc(C(C)C)no1)NCCNc1ccccc1[N+](=O)[O-]. The zero-order valence-electron chi connectivity index (χ0n) is 15.9. The lowest BCUT2D eigenvalue weighted by Gasteiger charge is -2.12. The maximum Gasteiger partial charge on any atom is 0.292 e. The van der Waals surface area contributed by atoms with Crippen LogP contribution in [0.3, 0.4) is 0 Å². The Bertz CT molecular complexity index is 772. The number of aromatic nitrogens is 1. The fourth-order valence-corrected chi connectivity index (χ4v) is 2.33. The van der Waals surface area contributed by atoms with Crippen molar-refractivity contribution in [2.24, 2.45) is 4.99 Å². The zero-order valence-corrected chi connectivity index (χ0v) is 15.9. The van der Waals surface area contributed by atoms with Crippen molar-refractivity contribution in [3.8, 4) is 0 Å². The highest BCUT2D eigenvalue weighted by Crippen LogP contribution is 2.22. The molecule has 146 valence electrons. The highest BCUT2D eigenvalue weighted by atomic mass is 16.6. The summed E-state index contributed by atoms with van der Waals surface area (Å²) >= 11 is 0. The molecule has 3 N–H and O–H groups in total. The third-order valence-electron chi connectivity index (χ3n) is 3.74. The molecule has 0 saturated carbocycles. The van der Waals surface area contributed by atoms with Crippen molar-refractivity contribution < 1.29 is 9.45 Å². The Kier molecular flexibility index (Phi) is 7.60. The number of hydrogen-bond acceptors (Lipinski definition) is 6. The minimum atomic E-state index is -0.399.